The number of nitrogens with zero attached hydrogens (tertiary/aromatic N) is 1. The second-order valence-corrected chi connectivity index (χ2v) is 8.41. The fourth-order valence-electron chi connectivity index (χ4n) is 4.70. The monoisotopic (exact) mass is 296 g/mol. The van der Waals surface area contributed by atoms with E-state index in [2.05, 4.69) is 28.2 Å². The lowest BCUT2D eigenvalue weighted by molar-refractivity contribution is 0.108. The first-order valence-corrected chi connectivity index (χ1v) is 10.1. The average molecular weight is 297 g/mol. The van der Waals surface area contributed by atoms with Crippen LogP contribution in [0.1, 0.15) is 64.2 Å². The van der Waals surface area contributed by atoms with Crippen molar-refractivity contribution >= 4 is 11.8 Å². The lowest BCUT2D eigenvalue weighted by atomic mass is 9.80. The van der Waals surface area contributed by atoms with E-state index in [1.165, 1.54) is 83.8 Å². The number of rotatable bonds is 2. The minimum atomic E-state index is 0.473. The van der Waals surface area contributed by atoms with Crippen molar-refractivity contribution in [3.05, 3.63) is 0 Å². The molecule has 2 saturated carbocycles. The minimum Gasteiger partial charge on any atom is -0.310 e. The normalized spacial score (nSPS) is 35.9. The van der Waals surface area contributed by atoms with Crippen LogP contribution in [-0.2, 0) is 0 Å². The average Bonchev–Trinajstić information content (AvgIpc) is 2.71. The van der Waals surface area contributed by atoms with Crippen molar-refractivity contribution in [3.63, 3.8) is 0 Å². The molecule has 1 heterocycles. The maximum atomic E-state index is 3.94. The van der Waals surface area contributed by atoms with Crippen LogP contribution in [0.25, 0.3) is 0 Å². The molecule has 0 bridgehead atoms. The van der Waals surface area contributed by atoms with E-state index in [9.17, 15) is 0 Å². The van der Waals surface area contributed by atoms with Gasteiger partial charge in [-0.2, -0.15) is 11.8 Å². The van der Waals surface area contributed by atoms with Gasteiger partial charge >= 0.3 is 0 Å². The molecule has 116 valence electrons. The highest BCUT2D eigenvalue weighted by atomic mass is 32.2. The Morgan fingerprint density at radius 1 is 1.05 bits per heavy atom. The summed E-state index contributed by atoms with van der Waals surface area (Å²) in [5.41, 5.74) is 0.473. The molecule has 1 aliphatic heterocycles. The van der Waals surface area contributed by atoms with E-state index >= 15 is 0 Å². The molecule has 3 heteroatoms. The molecular weight excluding hydrogens is 264 g/mol. The van der Waals surface area contributed by atoms with Gasteiger partial charge in [0.05, 0.1) is 0 Å². The molecule has 3 rings (SSSR count). The molecule has 0 amide bonds. The molecule has 3 aliphatic rings. The second-order valence-electron chi connectivity index (χ2n) is 7.27. The third-order valence-corrected chi connectivity index (χ3v) is 6.98. The van der Waals surface area contributed by atoms with Crippen molar-refractivity contribution in [1.29, 1.82) is 0 Å². The molecule has 2 nitrogen and oxygen atoms in total. The molecule has 3 fully saturated rings. The van der Waals surface area contributed by atoms with Crippen molar-refractivity contribution < 1.29 is 0 Å². The maximum absolute atomic E-state index is 3.94. The van der Waals surface area contributed by atoms with Gasteiger partial charge in [-0.05, 0) is 57.9 Å². The second kappa shape index (κ2) is 7.02. The van der Waals surface area contributed by atoms with Crippen LogP contribution in [0.3, 0.4) is 0 Å². The van der Waals surface area contributed by atoms with E-state index in [0.717, 1.165) is 11.3 Å². The van der Waals surface area contributed by atoms with Gasteiger partial charge in [0, 0.05) is 23.4 Å². The standard InChI is InChI=1S/C17H32N2S/c1-20-16-8-5-7-15(13-16)19-12-6-11-18-17(14-19)9-3-2-4-10-17/h15-16,18H,2-14H2,1H3. The molecule has 0 aromatic carbocycles. The van der Waals surface area contributed by atoms with Gasteiger partial charge in [-0.1, -0.05) is 25.7 Å². The van der Waals surface area contributed by atoms with Crippen molar-refractivity contribution in [3.8, 4) is 0 Å². The van der Waals surface area contributed by atoms with Gasteiger partial charge < -0.3 is 5.32 Å². The smallest absolute Gasteiger partial charge is 0.0308 e. The van der Waals surface area contributed by atoms with Crippen molar-refractivity contribution in [2.24, 2.45) is 0 Å². The van der Waals surface area contributed by atoms with Crippen molar-refractivity contribution in [2.45, 2.75) is 81.0 Å². The van der Waals surface area contributed by atoms with Crippen LogP contribution in [0, 0.1) is 0 Å². The number of hydrogen-bond donors (Lipinski definition) is 1. The molecule has 1 N–H and O–H groups in total. The molecule has 0 radical (unpaired) electrons. The Morgan fingerprint density at radius 3 is 2.70 bits per heavy atom. The molecule has 1 saturated heterocycles. The maximum Gasteiger partial charge on any atom is 0.0308 e. The van der Waals surface area contributed by atoms with Crippen LogP contribution in [0.5, 0.6) is 0 Å². The summed E-state index contributed by atoms with van der Waals surface area (Å²) in [5.74, 6) is 0. The first-order valence-electron chi connectivity index (χ1n) is 8.83. The highest BCUT2D eigenvalue weighted by molar-refractivity contribution is 7.99. The van der Waals surface area contributed by atoms with Crippen LogP contribution >= 0.6 is 11.8 Å². The van der Waals surface area contributed by atoms with Crippen LogP contribution in [-0.4, -0.2) is 47.6 Å². The zero-order chi connectivity index (χ0) is 13.8. The Labute approximate surface area is 129 Å². The van der Waals surface area contributed by atoms with E-state index in [1.807, 2.05) is 0 Å². The SMILES string of the molecule is CSC1CCCC(N2CCCNC3(CCCCC3)C2)C1. The largest absolute Gasteiger partial charge is 0.310 e. The lowest BCUT2D eigenvalue weighted by Crippen LogP contribution is -2.54. The summed E-state index contributed by atoms with van der Waals surface area (Å²) in [6, 6.07) is 0.875. The van der Waals surface area contributed by atoms with Gasteiger partial charge in [-0.25, -0.2) is 0 Å². The Balaban J connectivity index is 1.65. The summed E-state index contributed by atoms with van der Waals surface area (Å²) in [6.07, 6.45) is 16.6. The molecule has 1 spiro atoms. The lowest BCUT2D eigenvalue weighted by Gasteiger charge is -2.44. The first-order chi connectivity index (χ1) is 9.81. The number of hydrogen-bond acceptors (Lipinski definition) is 3. The first kappa shape index (κ1) is 15.2. The molecular formula is C17H32N2S. The molecule has 2 aliphatic carbocycles. The van der Waals surface area contributed by atoms with E-state index in [4.69, 9.17) is 0 Å². The summed E-state index contributed by atoms with van der Waals surface area (Å²) >= 11 is 2.10. The van der Waals surface area contributed by atoms with Gasteiger partial charge in [0.1, 0.15) is 0 Å². The van der Waals surface area contributed by atoms with Gasteiger partial charge in [-0.15, -0.1) is 0 Å². The minimum absolute atomic E-state index is 0.473. The van der Waals surface area contributed by atoms with Crippen LogP contribution in [0.4, 0.5) is 0 Å². The van der Waals surface area contributed by atoms with E-state index in [-0.39, 0.29) is 0 Å². The van der Waals surface area contributed by atoms with Gasteiger partial charge in [-0.3, -0.25) is 4.90 Å². The van der Waals surface area contributed by atoms with E-state index in [0.29, 0.717) is 5.54 Å². The fourth-order valence-corrected chi connectivity index (χ4v) is 5.52. The highest BCUT2D eigenvalue weighted by Gasteiger charge is 2.37. The predicted molar refractivity (Wildman–Crippen MR) is 89.6 cm³/mol. The third-order valence-electron chi connectivity index (χ3n) is 5.89. The zero-order valence-electron chi connectivity index (χ0n) is 13.2. The van der Waals surface area contributed by atoms with Crippen LogP contribution in [0.2, 0.25) is 0 Å². The van der Waals surface area contributed by atoms with E-state index in [1.54, 1.807) is 0 Å². The Hall–Kier alpha value is 0.270. The quantitative estimate of drug-likeness (QED) is 0.837. The van der Waals surface area contributed by atoms with Crippen molar-refractivity contribution in [2.75, 3.05) is 25.9 Å². The van der Waals surface area contributed by atoms with Gasteiger partial charge in [0.25, 0.3) is 0 Å². The summed E-state index contributed by atoms with van der Waals surface area (Å²) < 4.78 is 0. The highest BCUT2D eigenvalue weighted by Crippen LogP contribution is 2.34. The summed E-state index contributed by atoms with van der Waals surface area (Å²) in [6.45, 7) is 3.91. The zero-order valence-corrected chi connectivity index (χ0v) is 14.0. The molecule has 0 aromatic heterocycles. The number of thioether (sulfide) groups is 1. The Morgan fingerprint density at radius 2 is 1.90 bits per heavy atom. The molecule has 0 aromatic rings. The summed E-state index contributed by atoms with van der Waals surface area (Å²) in [4.78, 5) is 2.88. The summed E-state index contributed by atoms with van der Waals surface area (Å²) in [5, 5.41) is 4.87. The predicted octanol–water partition coefficient (Wildman–Crippen LogP) is 3.66. The van der Waals surface area contributed by atoms with Crippen LogP contribution < -0.4 is 5.32 Å². The van der Waals surface area contributed by atoms with Crippen LogP contribution in [0.15, 0.2) is 0 Å². The topological polar surface area (TPSA) is 15.3 Å². The van der Waals surface area contributed by atoms with Gasteiger partial charge in [0.15, 0.2) is 0 Å². The Kier molecular flexibility index (Phi) is 5.33. The fraction of sp³-hybridized carbons (Fsp3) is 1.00. The molecule has 2 atom stereocenters. The summed E-state index contributed by atoms with van der Waals surface area (Å²) in [7, 11) is 0. The van der Waals surface area contributed by atoms with Crippen molar-refractivity contribution in [1.82, 2.24) is 10.2 Å². The van der Waals surface area contributed by atoms with Gasteiger partial charge in [0.2, 0.25) is 0 Å². The molecule has 2 unspecified atom stereocenters. The number of nitrogens with one attached hydrogen (secondary N) is 1. The molecule has 20 heavy (non-hydrogen) atoms. The van der Waals surface area contributed by atoms with E-state index < -0.39 is 0 Å². The third kappa shape index (κ3) is 3.53. The Bertz CT molecular complexity index is 301.